The van der Waals surface area contributed by atoms with Crippen molar-refractivity contribution < 1.29 is 13.2 Å². The molecule has 0 bridgehead atoms. The minimum absolute atomic E-state index is 0.895. The Labute approximate surface area is 64.8 Å². The van der Waals surface area contributed by atoms with Gasteiger partial charge in [0.25, 0.3) is 6.43 Å². The lowest BCUT2D eigenvalue weighted by atomic mass is 10.0. The summed E-state index contributed by atoms with van der Waals surface area (Å²) in [6, 6.07) is 0. The van der Waals surface area contributed by atoms with E-state index < -0.39 is 22.9 Å². The molecule has 1 aliphatic carbocycles. The third kappa shape index (κ3) is 0.627. The van der Waals surface area contributed by atoms with Crippen LogP contribution in [0.2, 0.25) is 0 Å². The molecule has 0 aliphatic heterocycles. The number of rotatable bonds is 1. The van der Waals surface area contributed by atoms with Gasteiger partial charge in [-0.05, 0) is 0 Å². The van der Waals surface area contributed by atoms with Gasteiger partial charge < -0.3 is 0 Å². The third-order valence-electron chi connectivity index (χ3n) is 3.62. The summed E-state index contributed by atoms with van der Waals surface area (Å²) < 4.78 is 37.9. The first-order valence-electron chi connectivity index (χ1n) is 3.66. The zero-order chi connectivity index (χ0) is 9.08. The molecular weight excluding hydrogens is 153 g/mol. The first-order chi connectivity index (χ1) is 4.69. The summed E-state index contributed by atoms with van der Waals surface area (Å²) in [5.74, 6) is 0. The second kappa shape index (κ2) is 1.75. The Morgan fingerprint density at radius 1 is 0.909 bits per heavy atom. The summed E-state index contributed by atoms with van der Waals surface area (Å²) in [5, 5.41) is 0. The van der Waals surface area contributed by atoms with Crippen LogP contribution >= 0.6 is 0 Å². The van der Waals surface area contributed by atoms with Crippen molar-refractivity contribution in [3.63, 3.8) is 0 Å². The molecule has 0 heterocycles. The third-order valence-corrected chi connectivity index (χ3v) is 3.62. The van der Waals surface area contributed by atoms with Crippen LogP contribution in [0.4, 0.5) is 13.2 Å². The normalized spacial score (nSPS) is 30.5. The van der Waals surface area contributed by atoms with Crippen molar-refractivity contribution in [2.75, 3.05) is 0 Å². The zero-order valence-corrected chi connectivity index (χ0v) is 7.21. The van der Waals surface area contributed by atoms with Gasteiger partial charge in [0.2, 0.25) is 0 Å². The lowest BCUT2D eigenvalue weighted by Gasteiger charge is -2.08. The molecule has 1 saturated carbocycles. The highest BCUT2D eigenvalue weighted by Gasteiger charge is 2.83. The molecule has 0 unspecified atom stereocenters. The highest BCUT2D eigenvalue weighted by atomic mass is 19.3. The van der Waals surface area contributed by atoms with Gasteiger partial charge in [-0.2, -0.15) is 0 Å². The molecule has 0 nitrogen and oxygen atoms in total. The molecule has 0 aromatic carbocycles. The lowest BCUT2D eigenvalue weighted by molar-refractivity contribution is -0.00106. The fraction of sp³-hybridized carbons (Fsp3) is 1.00. The van der Waals surface area contributed by atoms with E-state index in [0.717, 1.165) is 0 Å². The second-order valence-corrected chi connectivity index (χ2v) is 4.26. The molecular formula is C8H13F3. The van der Waals surface area contributed by atoms with E-state index in [1.54, 1.807) is 27.7 Å². The maximum absolute atomic E-state index is 13.4. The maximum atomic E-state index is 13.4. The predicted octanol–water partition coefficient (Wildman–Crippen LogP) is 3.03. The SMILES string of the molecule is CC1(C)C(C)(C)C1(F)C(F)F. The first-order valence-corrected chi connectivity index (χ1v) is 3.66. The standard InChI is InChI=1S/C8H13F3/c1-6(2)7(3,4)8(6,11)5(9)10/h5H,1-4H3. The summed E-state index contributed by atoms with van der Waals surface area (Å²) >= 11 is 0. The molecule has 0 N–H and O–H groups in total. The Kier molecular flexibility index (Phi) is 1.41. The minimum Gasteiger partial charge on any atom is -0.236 e. The maximum Gasteiger partial charge on any atom is 0.273 e. The Morgan fingerprint density at radius 3 is 1.18 bits per heavy atom. The van der Waals surface area contributed by atoms with Gasteiger partial charge in [0.15, 0.2) is 5.67 Å². The van der Waals surface area contributed by atoms with Crippen LogP contribution in [-0.2, 0) is 0 Å². The Bertz CT molecular complexity index is 168. The van der Waals surface area contributed by atoms with E-state index in [9.17, 15) is 13.2 Å². The monoisotopic (exact) mass is 166 g/mol. The quantitative estimate of drug-likeness (QED) is 0.561. The van der Waals surface area contributed by atoms with Crippen molar-refractivity contribution >= 4 is 0 Å². The van der Waals surface area contributed by atoms with Crippen molar-refractivity contribution in [1.82, 2.24) is 0 Å². The summed E-state index contributed by atoms with van der Waals surface area (Å²) in [6.07, 6.45) is -2.87. The van der Waals surface area contributed by atoms with E-state index in [4.69, 9.17) is 0 Å². The van der Waals surface area contributed by atoms with Gasteiger partial charge in [-0.15, -0.1) is 0 Å². The first kappa shape index (κ1) is 8.88. The fourth-order valence-corrected chi connectivity index (χ4v) is 1.83. The van der Waals surface area contributed by atoms with Crippen LogP contribution in [-0.4, -0.2) is 12.1 Å². The molecule has 1 aliphatic rings. The van der Waals surface area contributed by atoms with Crippen LogP contribution in [0, 0.1) is 10.8 Å². The van der Waals surface area contributed by atoms with E-state index in [1.165, 1.54) is 0 Å². The Hall–Kier alpha value is -0.210. The average molecular weight is 166 g/mol. The number of alkyl halides is 3. The summed E-state index contributed by atoms with van der Waals surface area (Å²) in [6.45, 7) is 6.16. The Balaban J connectivity index is 2.96. The van der Waals surface area contributed by atoms with Crippen molar-refractivity contribution in [2.45, 2.75) is 39.8 Å². The molecule has 0 spiro atoms. The highest BCUT2D eigenvalue weighted by Crippen LogP contribution is 2.75. The van der Waals surface area contributed by atoms with Crippen LogP contribution in [0.5, 0.6) is 0 Å². The molecule has 11 heavy (non-hydrogen) atoms. The summed E-state index contributed by atoms with van der Waals surface area (Å²) in [5.41, 5.74) is -4.08. The average Bonchev–Trinajstić information content (AvgIpc) is 2.11. The van der Waals surface area contributed by atoms with Crippen molar-refractivity contribution in [3.8, 4) is 0 Å². The second-order valence-electron chi connectivity index (χ2n) is 4.26. The van der Waals surface area contributed by atoms with Gasteiger partial charge in [0.05, 0.1) is 0 Å². The van der Waals surface area contributed by atoms with Crippen molar-refractivity contribution in [2.24, 2.45) is 10.8 Å². The molecule has 0 atom stereocenters. The minimum atomic E-state index is -2.87. The topological polar surface area (TPSA) is 0 Å². The number of halogens is 3. The van der Waals surface area contributed by atoms with E-state index in [0.29, 0.717) is 0 Å². The largest absolute Gasteiger partial charge is 0.273 e. The smallest absolute Gasteiger partial charge is 0.236 e. The zero-order valence-electron chi connectivity index (χ0n) is 7.21. The number of hydrogen-bond donors (Lipinski definition) is 0. The molecule has 0 amide bonds. The molecule has 1 rings (SSSR count). The van der Waals surface area contributed by atoms with Crippen LogP contribution in [0.15, 0.2) is 0 Å². The van der Waals surface area contributed by atoms with E-state index >= 15 is 0 Å². The molecule has 0 aromatic rings. The van der Waals surface area contributed by atoms with E-state index in [1.807, 2.05) is 0 Å². The van der Waals surface area contributed by atoms with E-state index in [2.05, 4.69) is 0 Å². The van der Waals surface area contributed by atoms with Gasteiger partial charge >= 0.3 is 0 Å². The van der Waals surface area contributed by atoms with Gasteiger partial charge in [0, 0.05) is 10.8 Å². The van der Waals surface area contributed by atoms with Gasteiger partial charge in [-0.1, -0.05) is 27.7 Å². The van der Waals surface area contributed by atoms with Crippen molar-refractivity contribution in [3.05, 3.63) is 0 Å². The molecule has 0 saturated heterocycles. The predicted molar refractivity (Wildman–Crippen MR) is 37.4 cm³/mol. The molecule has 66 valence electrons. The van der Waals surface area contributed by atoms with E-state index in [-0.39, 0.29) is 0 Å². The van der Waals surface area contributed by atoms with Crippen LogP contribution < -0.4 is 0 Å². The van der Waals surface area contributed by atoms with Gasteiger partial charge in [0.1, 0.15) is 0 Å². The van der Waals surface area contributed by atoms with Crippen molar-refractivity contribution in [1.29, 1.82) is 0 Å². The molecule has 0 aromatic heterocycles. The highest BCUT2D eigenvalue weighted by molar-refractivity contribution is 5.27. The lowest BCUT2D eigenvalue weighted by Crippen LogP contribution is -2.22. The summed E-state index contributed by atoms with van der Waals surface area (Å²) in [4.78, 5) is 0. The molecule has 3 heteroatoms. The van der Waals surface area contributed by atoms with Gasteiger partial charge in [-0.3, -0.25) is 0 Å². The molecule has 1 fully saturated rings. The fourth-order valence-electron chi connectivity index (χ4n) is 1.83. The molecule has 0 radical (unpaired) electrons. The number of hydrogen-bond acceptors (Lipinski definition) is 0. The summed E-state index contributed by atoms with van der Waals surface area (Å²) in [7, 11) is 0. The van der Waals surface area contributed by atoms with Crippen LogP contribution in [0.1, 0.15) is 27.7 Å². The Morgan fingerprint density at radius 2 is 1.18 bits per heavy atom. The van der Waals surface area contributed by atoms with Crippen LogP contribution in [0.25, 0.3) is 0 Å². The van der Waals surface area contributed by atoms with Gasteiger partial charge in [-0.25, -0.2) is 13.2 Å². The van der Waals surface area contributed by atoms with Crippen LogP contribution in [0.3, 0.4) is 0 Å².